The quantitative estimate of drug-likeness (QED) is 0.856. The van der Waals surface area contributed by atoms with Gasteiger partial charge in [-0.3, -0.25) is 0 Å². The molecule has 0 aliphatic rings. The summed E-state index contributed by atoms with van der Waals surface area (Å²) in [7, 11) is 2.11. The Hall–Kier alpha value is -1.28. The van der Waals surface area contributed by atoms with Crippen LogP contribution in [0.1, 0.15) is 50.3 Å². The predicted molar refractivity (Wildman–Crippen MR) is 74.2 cm³/mol. The molecule has 2 nitrogen and oxygen atoms in total. The minimum atomic E-state index is 0.140. The summed E-state index contributed by atoms with van der Waals surface area (Å²) >= 11 is 0. The third kappa shape index (κ3) is 1.98. The normalized spacial score (nSPS) is 13.5. The molecule has 2 aromatic rings. The van der Waals surface area contributed by atoms with Gasteiger partial charge in [0.1, 0.15) is 0 Å². The summed E-state index contributed by atoms with van der Waals surface area (Å²) in [4.78, 5) is 0. The Labute approximate surface area is 103 Å². The lowest BCUT2D eigenvalue weighted by molar-refractivity contribution is 0.700. The lowest BCUT2D eigenvalue weighted by Gasteiger charge is -2.10. The van der Waals surface area contributed by atoms with E-state index in [2.05, 4.69) is 56.8 Å². The molecule has 0 bridgehead atoms. The van der Waals surface area contributed by atoms with Crippen LogP contribution in [0.2, 0.25) is 0 Å². The summed E-state index contributed by atoms with van der Waals surface area (Å²) in [6, 6.07) is 6.69. The van der Waals surface area contributed by atoms with Crippen molar-refractivity contribution >= 4 is 10.9 Å². The molecule has 0 fully saturated rings. The summed E-state index contributed by atoms with van der Waals surface area (Å²) in [5.74, 6) is 0.540. The van der Waals surface area contributed by atoms with Crippen LogP contribution in [0.25, 0.3) is 10.9 Å². The van der Waals surface area contributed by atoms with Crippen LogP contribution in [0, 0.1) is 0 Å². The van der Waals surface area contributed by atoms with Gasteiger partial charge in [0.2, 0.25) is 0 Å². The molecular formula is C15H22N2. The van der Waals surface area contributed by atoms with Crippen molar-refractivity contribution in [2.24, 2.45) is 12.8 Å². The summed E-state index contributed by atoms with van der Waals surface area (Å²) in [6.07, 6.45) is 3.16. The van der Waals surface area contributed by atoms with E-state index >= 15 is 0 Å². The second-order valence-electron chi connectivity index (χ2n) is 5.11. The number of rotatable bonds is 3. The topological polar surface area (TPSA) is 30.9 Å². The standard InChI is InChI=1S/C15H22N2/c1-5-14(16)13-9-17(4)15-11(10(2)3)7-6-8-12(13)15/h6-10,14H,5,16H2,1-4H3. The second-order valence-corrected chi connectivity index (χ2v) is 5.11. The zero-order chi connectivity index (χ0) is 12.6. The molecule has 1 atom stereocenters. The summed E-state index contributed by atoms with van der Waals surface area (Å²) < 4.78 is 2.22. The van der Waals surface area contributed by atoms with E-state index in [9.17, 15) is 0 Å². The van der Waals surface area contributed by atoms with Crippen LogP contribution >= 0.6 is 0 Å². The molecule has 0 aliphatic heterocycles. The Morgan fingerprint density at radius 2 is 1.94 bits per heavy atom. The van der Waals surface area contributed by atoms with Crippen LogP contribution in [-0.4, -0.2) is 4.57 Å². The maximum atomic E-state index is 6.19. The number of hydrogen-bond acceptors (Lipinski definition) is 1. The Balaban J connectivity index is 2.72. The zero-order valence-corrected chi connectivity index (χ0v) is 11.2. The van der Waals surface area contributed by atoms with Crippen molar-refractivity contribution < 1.29 is 0 Å². The highest BCUT2D eigenvalue weighted by Gasteiger charge is 2.15. The lowest BCUT2D eigenvalue weighted by Crippen LogP contribution is -2.07. The summed E-state index contributed by atoms with van der Waals surface area (Å²) in [5.41, 5.74) is 10.2. The predicted octanol–water partition coefficient (Wildman–Crippen LogP) is 3.71. The van der Waals surface area contributed by atoms with Crippen LogP contribution in [-0.2, 0) is 7.05 Å². The van der Waals surface area contributed by atoms with Gasteiger partial charge in [-0.25, -0.2) is 0 Å². The molecule has 0 spiro atoms. The Morgan fingerprint density at radius 1 is 1.24 bits per heavy atom. The Kier molecular flexibility index (Phi) is 3.25. The van der Waals surface area contributed by atoms with E-state index in [1.807, 2.05) is 0 Å². The fourth-order valence-electron chi connectivity index (χ4n) is 2.51. The SMILES string of the molecule is CCC(N)c1cn(C)c2c(C(C)C)cccc12. The molecule has 1 unspecified atom stereocenters. The smallest absolute Gasteiger partial charge is 0.0516 e. The highest BCUT2D eigenvalue weighted by atomic mass is 14.9. The molecular weight excluding hydrogens is 208 g/mol. The van der Waals surface area contributed by atoms with Crippen molar-refractivity contribution in [3.05, 3.63) is 35.5 Å². The molecule has 1 aromatic heterocycles. The number of fused-ring (bicyclic) bond motifs is 1. The molecule has 17 heavy (non-hydrogen) atoms. The fourth-order valence-corrected chi connectivity index (χ4v) is 2.51. The molecule has 0 aliphatic carbocycles. The average molecular weight is 230 g/mol. The maximum Gasteiger partial charge on any atom is 0.0516 e. The van der Waals surface area contributed by atoms with Gasteiger partial charge in [0.15, 0.2) is 0 Å². The molecule has 0 saturated carbocycles. The van der Waals surface area contributed by atoms with Crippen molar-refractivity contribution in [1.29, 1.82) is 0 Å². The van der Waals surface area contributed by atoms with Crippen molar-refractivity contribution in [3.8, 4) is 0 Å². The molecule has 0 amide bonds. The Bertz CT molecular complexity index is 523. The zero-order valence-electron chi connectivity index (χ0n) is 11.2. The minimum Gasteiger partial charge on any atom is -0.350 e. The number of nitrogens with zero attached hydrogens (tertiary/aromatic N) is 1. The van der Waals surface area contributed by atoms with E-state index in [-0.39, 0.29) is 6.04 Å². The van der Waals surface area contributed by atoms with Gasteiger partial charge in [-0.15, -0.1) is 0 Å². The largest absolute Gasteiger partial charge is 0.350 e. The first kappa shape index (κ1) is 12.2. The molecule has 2 N–H and O–H groups in total. The van der Waals surface area contributed by atoms with Crippen LogP contribution in [0.3, 0.4) is 0 Å². The van der Waals surface area contributed by atoms with Crippen molar-refractivity contribution in [2.45, 2.75) is 39.2 Å². The van der Waals surface area contributed by atoms with E-state index < -0.39 is 0 Å². The van der Waals surface area contributed by atoms with E-state index in [1.54, 1.807) is 0 Å². The summed E-state index contributed by atoms with van der Waals surface area (Å²) in [5, 5.41) is 1.31. The molecule has 2 heteroatoms. The number of para-hydroxylation sites is 1. The van der Waals surface area contributed by atoms with Gasteiger partial charge in [-0.2, -0.15) is 0 Å². The van der Waals surface area contributed by atoms with E-state index in [4.69, 9.17) is 5.73 Å². The van der Waals surface area contributed by atoms with Gasteiger partial charge in [0.05, 0.1) is 5.52 Å². The van der Waals surface area contributed by atoms with Crippen LogP contribution < -0.4 is 5.73 Å². The van der Waals surface area contributed by atoms with Crippen molar-refractivity contribution in [1.82, 2.24) is 4.57 Å². The third-order valence-corrected chi connectivity index (χ3v) is 3.52. The number of aryl methyl sites for hydroxylation is 1. The first-order chi connectivity index (χ1) is 8.06. The molecule has 1 heterocycles. The first-order valence-corrected chi connectivity index (χ1v) is 6.39. The monoisotopic (exact) mass is 230 g/mol. The second kappa shape index (κ2) is 4.53. The van der Waals surface area contributed by atoms with Crippen molar-refractivity contribution in [3.63, 3.8) is 0 Å². The number of benzene rings is 1. The van der Waals surface area contributed by atoms with Gasteiger partial charge in [0.25, 0.3) is 0 Å². The average Bonchev–Trinajstić information content (AvgIpc) is 2.66. The van der Waals surface area contributed by atoms with Gasteiger partial charge in [0, 0.05) is 24.7 Å². The molecule has 1 aromatic carbocycles. The highest BCUT2D eigenvalue weighted by Crippen LogP contribution is 2.31. The van der Waals surface area contributed by atoms with Crippen LogP contribution in [0.4, 0.5) is 0 Å². The third-order valence-electron chi connectivity index (χ3n) is 3.52. The molecule has 92 valence electrons. The summed E-state index contributed by atoms with van der Waals surface area (Å²) in [6.45, 7) is 6.61. The molecule has 0 radical (unpaired) electrons. The van der Waals surface area contributed by atoms with Crippen molar-refractivity contribution in [2.75, 3.05) is 0 Å². The highest BCUT2D eigenvalue weighted by molar-refractivity contribution is 5.87. The molecule has 2 rings (SSSR count). The van der Waals surface area contributed by atoms with Crippen LogP contribution in [0.5, 0.6) is 0 Å². The van der Waals surface area contributed by atoms with E-state index in [0.717, 1.165) is 6.42 Å². The molecule has 0 saturated heterocycles. The maximum absolute atomic E-state index is 6.19. The first-order valence-electron chi connectivity index (χ1n) is 6.39. The number of aromatic nitrogens is 1. The van der Waals surface area contributed by atoms with E-state index in [0.29, 0.717) is 5.92 Å². The van der Waals surface area contributed by atoms with Crippen LogP contribution in [0.15, 0.2) is 24.4 Å². The van der Waals surface area contributed by atoms with Gasteiger partial charge in [-0.1, -0.05) is 39.0 Å². The number of nitrogens with two attached hydrogens (primary N) is 1. The fraction of sp³-hybridized carbons (Fsp3) is 0.467. The minimum absolute atomic E-state index is 0.140. The Morgan fingerprint density at radius 3 is 2.53 bits per heavy atom. The van der Waals surface area contributed by atoms with E-state index in [1.165, 1.54) is 22.0 Å². The lowest BCUT2D eigenvalue weighted by atomic mass is 9.97. The van der Waals surface area contributed by atoms with Gasteiger partial charge in [-0.05, 0) is 23.5 Å². The van der Waals surface area contributed by atoms with Gasteiger partial charge < -0.3 is 10.3 Å². The number of hydrogen-bond donors (Lipinski definition) is 1. The van der Waals surface area contributed by atoms with Gasteiger partial charge >= 0.3 is 0 Å².